The Labute approximate surface area is 126 Å². The molecule has 5 heteroatoms. The summed E-state index contributed by atoms with van der Waals surface area (Å²) in [6.07, 6.45) is 4.49. The zero-order valence-corrected chi connectivity index (χ0v) is 12.6. The van der Waals surface area contributed by atoms with Gasteiger partial charge in [0, 0.05) is 24.8 Å². The average molecular weight is 291 g/mol. The Kier molecular flexibility index (Phi) is 5.59. The van der Waals surface area contributed by atoms with Crippen LogP contribution >= 0.6 is 0 Å². The molecular weight excluding hydrogens is 266 g/mol. The highest BCUT2D eigenvalue weighted by Gasteiger charge is 2.22. The Hall–Kier alpha value is -1.59. The summed E-state index contributed by atoms with van der Waals surface area (Å²) in [5.41, 5.74) is 8.77. The molecule has 1 unspecified atom stereocenters. The first-order chi connectivity index (χ1) is 10.2. The van der Waals surface area contributed by atoms with E-state index < -0.39 is 0 Å². The summed E-state index contributed by atoms with van der Waals surface area (Å²) < 4.78 is 0. The fourth-order valence-electron chi connectivity index (χ4n) is 3.05. The molecule has 1 aliphatic heterocycles. The fourth-order valence-corrected chi connectivity index (χ4v) is 3.05. The molecule has 1 heterocycles. The normalized spacial score (nSPS) is 20.7. The first kappa shape index (κ1) is 15.8. The molecule has 4 N–H and O–H groups in total. The van der Waals surface area contributed by atoms with Crippen molar-refractivity contribution in [3.8, 4) is 0 Å². The highest BCUT2D eigenvalue weighted by molar-refractivity contribution is 5.97. The van der Waals surface area contributed by atoms with Gasteiger partial charge in [-0.1, -0.05) is 23.7 Å². The van der Waals surface area contributed by atoms with Gasteiger partial charge in [-0.05, 0) is 49.9 Å². The van der Waals surface area contributed by atoms with Gasteiger partial charge in [0.05, 0.1) is 0 Å². The Balaban J connectivity index is 2.11. The van der Waals surface area contributed by atoms with Crippen molar-refractivity contribution in [3.05, 3.63) is 34.9 Å². The molecule has 0 aromatic heterocycles. The van der Waals surface area contributed by atoms with Crippen LogP contribution < -0.4 is 5.73 Å². The maximum absolute atomic E-state index is 9.20. The second-order valence-corrected chi connectivity index (χ2v) is 5.76. The largest absolute Gasteiger partial charge is 0.409 e. The van der Waals surface area contributed by atoms with Crippen LogP contribution in [0.2, 0.25) is 0 Å². The lowest BCUT2D eigenvalue weighted by Crippen LogP contribution is -2.39. The molecule has 1 aliphatic rings. The van der Waals surface area contributed by atoms with Crippen LogP contribution in [0.1, 0.15) is 42.4 Å². The highest BCUT2D eigenvalue weighted by Crippen LogP contribution is 2.23. The van der Waals surface area contributed by atoms with E-state index in [2.05, 4.69) is 17.0 Å². The number of oxime groups is 1. The van der Waals surface area contributed by atoms with E-state index >= 15 is 0 Å². The third-order valence-electron chi connectivity index (χ3n) is 4.33. The van der Waals surface area contributed by atoms with Crippen molar-refractivity contribution in [2.75, 3.05) is 13.2 Å². The van der Waals surface area contributed by atoms with Crippen molar-refractivity contribution in [2.24, 2.45) is 10.9 Å². The molecule has 0 bridgehead atoms. The predicted molar refractivity (Wildman–Crippen MR) is 83.4 cm³/mol. The number of hydrogen-bond donors (Lipinski definition) is 3. The standard InChI is InChI=1S/C16H25N3O2/c1-12-10-13(16(17)18-21)5-6-14(12)11-19-8-3-2-4-15(19)7-9-20/h5-6,10,15,20-21H,2-4,7-9,11H2,1H3,(H2,17,18). The van der Waals surface area contributed by atoms with E-state index in [1.54, 1.807) is 0 Å². The van der Waals surface area contributed by atoms with E-state index in [4.69, 9.17) is 10.9 Å². The summed E-state index contributed by atoms with van der Waals surface area (Å²) in [5, 5.41) is 21.0. The highest BCUT2D eigenvalue weighted by atomic mass is 16.4. The van der Waals surface area contributed by atoms with Crippen LogP contribution in [0.15, 0.2) is 23.4 Å². The van der Waals surface area contributed by atoms with Crippen LogP contribution in [0.5, 0.6) is 0 Å². The zero-order chi connectivity index (χ0) is 15.2. The third-order valence-corrected chi connectivity index (χ3v) is 4.33. The van der Waals surface area contributed by atoms with Crippen molar-refractivity contribution in [3.63, 3.8) is 0 Å². The van der Waals surface area contributed by atoms with Crippen LogP contribution in [0, 0.1) is 6.92 Å². The third kappa shape index (κ3) is 3.95. The molecule has 0 radical (unpaired) electrons. The average Bonchev–Trinajstić information content (AvgIpc) is 2.50. The number of rotatable bonds is 5. The van der Waals surface area contributed by atoms with Gasteiger partial charge in [0.2, 0.25) is 0 Å². The number of aliphatic hydroxyl groups excluding tert-OH is 1. The fraction of sp³-hybridized carbons (Fsp3) is 0.562. The van der Waals surface area contributed by atoms with Crippen LogP contribution in [-0.2, 0) is 6.54 Å². The molecular formula is C16H25N3O2. The quantitative estimate of drug-likeness (QED) is 0.334. The van der Waals surface area contributed by atoms with Crippen molar-refractivity contribution in [1.29, 1.82) is 0 Å². The second kappa shape index (κ2) is 7.43. The van der Waals surface area contributed by atoms with E-state index in [0.29, 0.717) is 6.04 Å². The van der Waals surface area contributed by atoms with Gasteiger partial charge >= 0.3 is 0 Å². The maximum Gasteiger partial charge on any atom is 0.170 e. The lowest BCUT2D eigenvalue weighted by Gasteiger charge is -2.36. The van der Waals surface area contributed by atoms with Crippen molar-refractivity contribution in [1.82, 2.24) is 4.90 Å². The first-order valence-electron chi connectivity index (χ1n) is 7.58. The number of likely N-dealkylation sites (tertiary alicyclic amines) is 1. The molecule has 1 saturated heterocycles. The molecule has 2 rings (SSSR count). The first-order valence-corrected chi connectivity index (χ1v) is 7.58. The van der Waals surface area contributed by atoms with Gasteiger partial charge in [-0.2, -0.15) is 0 Å². The lowest BCUT2D eigenvalue weighted by atomic mass is 9.97. The number of benzene rings is 1. The minimum atomic E-state index is 0.140. The number of nitrogens with two attached hydrogens (primary N) is 1. The van der Waals surface area contributed by atoms with E-state index in [0.717, 1.165) is 30.6 Å². The zero-order valence-electron chi connectivity index (χ0n) is 12.6. The van der Waals surface area contributed by atoms with Crippen LogP contribution in [0.4, 0.5) is 0 Å². The Bertz CT molecular complexity index is 500. The number of aryl methyl sites for hydroxylation is 1. The minimum Gasteiger partial charge on any atom is -0.409 e. The van der Waals surface area contributed by atoms with Crippen LogP contribution in [-0.4, -0.2) is 40.2 Å². The van der Waals surface area contributed by atoms with Gasteiger partial charge in [0.1, 0.15) is 0 Å². The molecule has 0 amide bonds. The van der Waals surface area contributed by atoms with Gasteiger partial charge in [-0.25, -0.2) is 0 Å². The van der Waals surface area contributed by atoms with Gasteiger partial charge in [-0.3, -0.25) is 4.90 Å². The van der Waals surface area contributed by atoms with Gasteiger partial charge < -0.3 is 16.0 Å². The van der Waals surface area contributed by atoms with Crippen molar-refractivity contribution < 1.29 is 10.3 Å². The van der Waals surface area contributed by atoms with Crippen molar-refractivity contribution in [2.45, 2.75) is 45.2 Å². The second-order valence-electron chi connectivity index (χ2n) is 5.76. The summed E-state index contributed by atoms with van der Waals surface area (Å²) in [6, 6.07) is 6.37. The monoisotopic (exact) mass is 291 g/mol. The minimum absolute atomic E-state index is 0.140. The summed E-state index contributed by atoms with van der Waals surface area (Å²) in [6.45, 7) is 4.29. The maximum atomic E-state index is 9.20. The molecule has 0 saturated carbocycles. The SMILES string of the molecule is Cc1cc(/C(N)=N/O)ccc1CN1CCCCC1CCO. The Morgan fingerprint density at radius 2 is 2.24 bits per heavy atom. The molecule has 21 heavy (non-hydrogen) atoms. The molecule has 1 aromatic rings. The molecule has 0 spiro atoms. The van der Waals surface area contributed by atoms with Gasteiger partial charge in [-0.15, -0.1) is 0 Å². The Morgan fingerprint density at radius 3 is 2.90 bits per heavy atom. The van der Waals surface area contributed by atoms with Gasteiger partial charge in [0.15, 0.2) is 5.84 Å². The van der Waals surface area contributed by atoms with Crippen molar-refractivity contribution >= 4 is 5.84 Å². The predicted octanol–water partition coefficient (Wildman–Crippen LogP) is 1.83. The molecule has 0 aliphatic carbocycles. The molecule has 1 fully saturated rings. The van der Waals surface area contributed by atoms with E-state index in [9.17, 15) is 5.11 Å². The summed E-state index contributed by atoms with van der Waals surface area (Å²) >= 11 is 0. The molecule has 1 atom stereocenters. The summed E-state index contributed by atoms with van der Waals surface area (Å²) in [5.74, 6) is 0.140. The molecule has 116 valence electrons. The number of nitrogens with zero attached hydrogens (tertiary/aromatic N) is 2. The topological polar surface area (TPSA) is 82.1 Å². The number of piperidine rings is 1. The van der Waals surface area contributed by atoms with Gasteiger partial charge in [0.25, 0.3) is 0 Å². The molecule has 1 aromatic carbocycles. The lowest BCUT2D eigenvalue weighted by molar-refractivity contribution is 0.112. The smallest absolute Gasteiger partial charge is 0.170 e. The van der Waals surface area contributed by atoms with E-state index in [1.165, 1.54) is 24.8 Å². The van der Waals surface area contributed by atoms with Crippen LogP contribution in [0.3, 0.4) is 0 Å². The summed E-state index contributed by atoms with van der Waals surface area (Å²) in [4.78, 5) is 2.46. The van der Waals surface area contributed by atoms with E-state index in [-0.39, 0.29) is 12.4 Å². The summed E-state index contributed by atoms with van der Waals surface area (Å²) in [7, 11) is 0. The molecule has 5 nitrogen and oxygen atoms in total. The number of aliphatic hydroxyl groups is 1. The number of hydrogen-bond acceptors (Lipinski definition) is 4. The number of amidine groups is 1. The van der Waals surface area contributed by atoms with Crippen LogP contribution in [0.25, 0.3) is 0 Å². The van der Waals surface area contributed by atoms with E-state index in [1.807, 2.05) is 18.2 Å². The Morgan fingerprint density at radius 1 is 1.43 bits per heavy atom.